The summed E-state index contributed by atoms with van der Waals surface area (Å²) in [5, 5.41) is 23.7. The summed E-state index contributed by atoms with van der Waals surface area (Å²) in [6.07, 6.45) is -0.339. The first-order valence-electron chi connectivity index (χ1n) is 11.6. The fourth-order valence-electron chi connectivity index (χ4n) is 5.83. The predicted octanol–water partition coefficient (Wildman–Crippen LogP) is 1.99. The number of fused-ring (bicyclic) bond motifs is 2. The number of nitrogens with zero attached hydrogens (tertiary/aromatic N) is 4. The second-order valence-electron chi connectivity index (χ2n) is 9.93. The smallest absolute Gasteiger partial charge is 0.273 e. The van der Waals surface area contributed by atoms with Crippen LogP contribution in [0.2, 0.25) is 0 Å². The molecule has 0 unspecified atom stereocenters. The molecule has 2 aromatic rings. The van der Waals surface area contributed by atoms with Gasteiger partial charge in [0, 0.05) is 6.42 Å². The molecule has 6 rings (SSSR count). The van der Waals surface area contributed by atoms with Crippen LogP contribution < -0.4 is 5.32 Å². The molecule has 0 spiro atoms. The molecule has 8 nitrogen and oxygen atoms in total. The molecule has 184 valence electrons. The SMILES string of the molecule is Cc1ccc(F)cc1[C@H]1CC(F)(F)CN1C(=O)C1=NCc2ncnc(N[C@H]3[C@H](O)[C@H](O)[C@@H]4C[C@@H]43)c21. The minimum absolute atomic E-state index is 0.0225. The van der Waals surface area contributed by atoms with E-state index in [1.165, 1.54) is 24.5 Å². The molecule has 35 heavy (non-hydrogen) atoms. The Morgan fingerprint density at radius 3 is 2.74 bits per heavy atom. The van der Waals surface area contributed by atoms with E-state index < -0.39 is 54.9 Å². The molecule has 1 amide bonds. The number of aryl methyl sites for hydroxylation is 1. The lowest BCUT2D eigenvalue weighted by molar-refractivity contribution is -0.126. The van der Waals surface area contributed by atoms with Gasteiger partial charge in [-0.25, -0.2) is 23.1 Å². The molecule has 2 saturated carbocycles. The van der Waals surface area contributed by atoms with Crippen LogP contribution in [0.25, 0.3) is 0 Å². The van der Waals surface area contributed by atoms with E-state index in [9.17, 15) is 28.2 Å². The van der Waals surface area contributed by atoms with Crippen molar-refractivity contribution in [2.24, 2.45) is 16.8 Å². The maximum Gasteiger partial charge on any atom is 0.273 e. The van der Waals surface area contributed by atoms with Crippen LogP contribution >= 0.6 is 0 Å². The number of aliphatic hydroxyl groups is 2. The van der Waals surface area contributed by atoms with Crippen LogP contribution in [0.1, 0.15) is 41.3 Å². The molecule has 3 fully saturated rings. The maximum absolute atomic E-state index is 14.6. The van der Waals surface area contributed by atoms with Crippen LogP contribution in [0, 0.1) is 24.6 Å². The zero-order chi connectivity index (χ0) is 24.6. The number of likely N-dealkylation sites (tertiary alicyclic amines) is 1. The third-order valence-electron chi connectivity index (χ3n) is 7.70. The number of amides is 1. The van der Waals surface area contributed by atoms with Gasteiger partial charge in [0.05, 0.1) is 42.5 Å². The summed E-state index contributed by atoms with van der Waals surface area (Å²) < 4.78 is 43.1. The van der Waals surface area contributed by atoms with Gasteiger partial charge in [0.25, 0.3) is 11.8 Å². The highest BCUT2D eigenvalue weighted by Crippen LogP contribution is 2.53. The van der Waals surface area contributed by atoms with Gasteiger partial charge >= 0.3 is 0 Å². The Morgan fingerprint density at radius 1 is 1.20 bits per heavy atom. The van der Waals surface area contributed by atoms with E-state index in [2.05, 4.69) is 20.3 Å². The molecule has 1 aromatic carbocycles. The number of rotatable bonds is 4. The average molecular weight is 487 g/mol. The van der Waals surface area contributed by atoms with Gasteiger partial charge in [-0.2, -0.15) is 0 Å². The second kappa shape index (κ2) is 7.72. The van der Waals surface area contributed by atoms with Crippen LogP contribution in [0.3, 0.4) is 0 Å². The van der Waals surface area contributed by atoms with E-state index in [0.29, 0.717) is 22.4 Å². The number of halogens is 3. The van der Waals surface area contributed by atoms with Gasteiger partial charge < -0.3 is 20.4 Å². The number of anilines is 1. The fraction of sp³-hybridized carbons (Fsp3) is 0.500. The predicted molar refractivity (Wildman–Crippen MR) is 118 cm³/mol. The first kappa shape index (κ1) is 22.4. The molecule has 2 aliphatic heterocycles. The van der Waals surface area contributed by atoms with Gasteiger partial charge in [0.1, 0.15) is 29.8 Å². The van der Waals surface area contributed by atoms with Crippen LogP contribution in [0.5, 0.6) is 0 Å². The number of carbonyl (C=O) groups is 1. The minimum Gasteiger partial charge on any atom is -0.390 e. The van der Waals surface area contributed by atoms with E-state index in [-0.39, 0.29) is 29.9 Å². The number of aliphatic hydroxyl groups excluding tert-OH is 2. The molecule has 11 heteroatoms. The Morgan fingerprint density at radius 2 is 2.00 bits per heavy atom. The monoisotopic (exact) mass is 487 g/mol. The number of carbonyl (C=O) groups excluding carboxylic acids is 1. The highest BCUT2D eigenvalue weighted by molar-refractivity contribution is 6.47. The third-order valence-corrected chi connectivity index (χ3v) is 7.70. The first-order valence-corrected chi connectivity index (χ1v) is 11.6. The van der Waals surface area contributed by atoms with Gasteiger partial charge in [0.15, 0.2) is 0 Å². The Balaban J connectivity index is 1.33. The zero-order valence-electron chi connectivity index (χ0n) is 18.8. The summed E-state index contributed by atoms with van der Waals surface area (Å²) in [7, 11) is 0. The van der Waals surface area contributed by atoms with Crippen molar-refractivity contribution in [3.8, 4) is 0 Å². The van der Waals surface area contributed by atoms with Gasteiger partial charge in [-0.05, 0) is 48.4 Å². The molecule has 0 bridgehead atoms. The molecule has 4 aliphatic rings. The van der Waals surface area contributed by atoms with Gasteiger partial charge in [-0.1, -0.05) is 6.07 Å². The number of alkyl halides is 2. The first-order chi connectivity index (χ1) is 16.6. The lowest BCUT2D eigenvalue weighted by atomic mass is 9.98. The number of aliphatic imine (C=N–C) groups is 1. The third kappa shape index (κ3) is 3.59. The van der Waals surface area contributed by atoms with E-state index in [0.717, 1.165) is 11.3 Å². The number of benzene rings is 1. The van der Waals surface area contributed by atoms with E-state index in [1.807, 2.05) is 0 Å². The van der Waals surface area contributed by atoms with Gasteiger partial charge in [-0.15, -0.1) is 0 Å². The molecule has 6 atom stereocenters. The fourth-order valence-corrected chi connectivity index (χ4v) is 5.83. The normalized spacial score (nSPS) is 32.3. The highest BCUT2D eigenvalue weighted by Gasteiger charge is 2.59. The van der Waals surface area contributed by atoms with Gasteiger partial charge in [0.2, 0.25) is 0 Å². The quantitative estimate of drug-likeness (QED) is 0.609. The Labute approximate surface area is 198 Å². The summed E-state index contributed by atoms with van der Waals surface area (Å²) in [6.45, 7) is 0.969. The highest BCUT2D eigenvalue weighted by atomic mass is 19.3. The topological polar surface area (TPSA) is 111 Å². The standard InChI is InChI=1S/C24H24F3N5O3/c1-10-2-3-11(25)4-12(10)16-6-24(26,27)8-32(16)23(35)19-17-15(7-28-19)29-9-30-22(17)31-18-13-5-14(13)20(33)21(18)34/h2-4,9,13-14,16,18,20-21,33-34H,5-8H2,1H3,(H,29,30,31)/t13-,14+,16+,18+,20+,21-/m0/s1. The largest absolute Gasteiger partial charge is 0.390 e. The summed E-state index contributed by atoms with van der Waals surface area (Å²) in [6, 6.07) is 2.49. The Bertz CT molecular complexity index is 1250. The molecule has 2 aliphatic carbocycles. The van der Waals surface area contributed by atoms with Crippen LogP contribution in [0.4, 0.5) is 19.0 Å². The summed E-state index contributed by atoms with van der Waals surface area (Å²) >= 11 is 0. The molecule has 0 radical (unpaired) electrons. The molecule has 1 saturated heterocycles. The van der Waals surface area contributed by atoms with Crippen molar-refractivity contribution in [2.75, 3.05) is 11.9 Å². The molecular formula is C24H24F3N5O3. The van der Waals surface area contributed by atoms with Crippen LogP contribution in [0.15, 0.2) is 29.5 Å². The van der Waals surface area contributed by atoms with E-state index in [4.69, 9.17) is 0 Å². The summed E-state index contributed by atoms with van der Waals surface area (Å²) in [5.41, 5.74) is 1.68. The van der Waals surface area contributed by atoms with Crippen LogP contribution in [-0.4, -0.2) is 67.4 Å². The zero-order valence-corrected chi connectivity index (χ0v) is 18.8. The Kier molecular flexibility index (Phi) is 4.95. The van der Waals surface area contributed by atoms with Crippen molar-refractivity contribution in [1.29, 1.82) is 0 Å². The number of hydrogen-bond acceptors (Lipinski definition) is 7. The second-order valence-corrected chi connectivity index (χ2v) is 9.93. The van der Waals surface area contributed by atoms with Crippen molar-refractivity contribution in [1.82, 2.24) is 14.9 Å². The number of hydrogen-bond donors (Lipinski definition) is 3. The van der Waals surface area contributed by atoms with Crippen molar-refractivity contribution in [2.45, 2.75) is 56.5 Å². The van der Waals surface area contributed by atoms with Crippen LogP contribution in [-0.2, 0) is 11.3 Å². The van der Waals surface area contributed by atoms with E-state index >= 15 is 0 Å². The lowest BCUT2D eigenvalue weighted by Gasteiger charge is -2.27. The van der Waals surface area contributed by atoms with E-state index in [1.54, 1.807) is 6.92 Å². The summed E-state index contributed by atoms with van der Waals surface area (Å²) in [4.78, 5) is 27.5. The lowest BCUT2D eigenvalue weighted by Crippen LogP contribution is -2.40. The average Bonchev–Trinajstić information content (AvgIpc) is 3.28. The number of nitrogens with one attached hydrogen (secondary N) is 1. The molecule has 3 heterocycles. The van der Waals surface area contributed by atoms with Gasteiger partial charge in [-0.3, -0.25) is 9.79 Å². The number of aromatic nitrogens is 2. The summed E-state index contributed by atoms with van der Waals surface area (Å²) in [5.74, 6) is -4.03. The Hall–Kier alpha value is -3.05. The van der Waals surface area contributed by atoms with Crippen molar-refractivity contribution in [3.63, 3.8) is 0 Å². The van der Waals surface area contributed by atoms with Crippen molar-refractivity contribution in [3.05, 3.63) is 52.7 Å². The van der Waals surface area contributed by atoms with Crippen molar-refractivity contribution >= 4 is 17.4 Å². The maximum atomic E-state index is 14.6. The molecule has 3 N–H and O–H groups in total. The van der Waals surface area contributed by atoms with Crippen molar-refractivity contribution < 1.29 is 28.2 Å². The molecule has 1 aromatic heterocycles. The molecular weight excluding hydrogens is 463 g/mol. The minimum atomic E-state index is -3.14.